The molecule has 0 unspecified atom stereocenters. The third-order valence-corrected chi connectivity index (χ3v) is 6.86. The molecule has 35 heavy (non-hydrogen) atoms. The van der Waals surface area contributed by atoms with Crippen molar-refractivity contribution in [3.63, 3.8) is 0 Å². The zero-order valence-electron chi connectivity index (χ0n) is 18.6. The molecule has 1 amide bonds. The molecule has 2 heterocycles. The lowest BCUT2D eigenvalue weighted by molar-refractivity contribution is -0.286. The summed E-state index contributed by atoms with van der Waals surface area (Å²) in [5, 5.41) is 4.89. The van der Waals surface area contributed by atoms with Crippen molar-refractivity contribution < 1.29 is 23.0 Å². The van der Waals surface area contributed by atoms with Crippen molar-refractivity contribution in [2.45, 2.75) is 36.4 Å². The number of anilines is 1. The molecule has 5 nitrogen and oxygen atoms in total. The average molecular weight is 491 g/mol. The number of nitrogens with zero attached hydrogens (tertiary/aromatic N) is 1. The maximum atomic E-state index is 13.4. The number of nitrogens with one attached hydrogen (secondary N) is 1. The SMILES string of the molecule is Cc1cc(S)ccc1-c1nc(NC(=O)C2(c3ccc4c(c3)OC(F)(F)O4)CC2)cc2ccccc12. The molecule has 1 aromatic heterocycles. The number of carbonyl (C=O) groups excluding carboxylic acids is 1. The molecule has 1 N–H and O–H groups in total. The standard InChI is InChI=1S/C27H20F2N2O3S/c1-15-12-18(35)7-8-19(15)24-20-5-3-2-4-16(20)13-23(30-24)31-25(32)26(10-11-26)17-6-9-21-22(14-17)34-27(28,29)33-21/h2-9,12-14,35H,10-11H2,1H3,(H,30,31,32). The number of amides is 1. The first kappa shape index (κ1) is 21.9. The van der Waals surface area contributed by atoms with Crippen molar-refractivity contribution in [2.75, 3.05) is 5.32 Å². The lowest BCUT2D eigenvalue weighted by atomic mass is 9.94. The fourth-order valence-electron chi connectivity index (χ4n) is 4.64. The Labute approximate surface area is 205 Å². The Morgan fingerprint density at radius 2 is 1.77 bits per heavy atom. The quantitative estimate of drug-likeness (QED) is 0.321. The van der Waals surface area contributed by atoms with E-state index >= 15 is 0 Å². The zero-order valence-corrected chi connectivity index (χ0v) is 19.5. The minimum absolute atomic E-state index is 0.0432. The summed E-state index contributed by atoms with van der Waals surface area (Å²) in [7, 11) is 0. The van der Waals surface area contributed by atoms with Crippen molar-refractivity contribution >= 4 is 35.1 Å². The molecule has 6 rings (SSSR count). The molecular formula is C27H20F2N2O3S. The number of hydrogen-bond donors (Lipinski definition) is 2. The molecular weight excluding hydrogens is 470 g/mol. The van der Waals surface area contributed by atoms with Crippen molar-refractivity contribution in [2.24, 2.45) is 0 Å². The van der Waals surface area contributed by atoms with Crippen molar-refractivity contribution in [1.29, 1.82) is 0 Å². The van der Waals surface area contributed by atoms with Gasteiger partial charge in [-0.1, -0.05) is 36.4 Å². The monoisotopic (exact) mass is 490 g/mol. The number of rotatable bonds is 4. The van der Waals surface area contributed by atoms with Gasteiger partial charge in [-0.2, -0.15) is 0 Å². The first-order valence-corrected chi connectivity index (χ1v) is 11.6. The zero-order chi connectivity index (χ0) is 24.4. The summed E-state index contributed by atoms with van der Waals surface area (Å²) in [5.41, 5.74) is 2.52. The highest BCUT2D eigenvalue weighted by molar-refractivity contribution is 7.80. The van der Waals surface area contributed by atoms with Gasteiger partial charge in [0.05, 0.1) is 11.1 Å². The van der Waals surface area contributed by atoms with Gasteiger partial charge in [0.1, 0.15) is 5.82 Å². The maximum Gasteiger partial charge on any atom is 0.586 e. The fourth-order valence-corrected chi connectivity index (χ4v) is 4.90. The van der Waals surface area contributed by atoms with E-state index in [2.05, 4.69) is 27.4 Å². The molecule has 0 bridgehead atoms. The van der Waals surface area contributed by atoms with Gasteiger partial charge in [-0.05, 0) is 66.6 Å². The summed E-state index contributed by atoms with van der Waals surface area (Å²) < 4.78 is 36.0. The third kappa shape index (κ3) is 3.78. The number of aromatic nitrogens is 1. The molecule has 0 atom stereocenters. The van der Waals surface area contributed by atoms with Crippen LogP contribution in [-0.4, -0.2) is 17.2 Å². The van der Waals surface area contributed by atoms with Crippen LogP contribution >= 0.6 is 12.6 Å². The van der Waals surface area contributed by atoms with Crippen LogP contribution in [0.25, 0.3) is 22.0 Å². The van der Waals surface area contributed by atoms with Gasteiger partial charge in [0.25, 0.3) is 0 Å². The molecule has 8 heteroatoms. The van der Waals surface area contributed by atoms with E-state index in [4.69, 9.17) is 4.98 Å². The molecule has 1 aliphatic carbocycles. The van der Waals surface area contributed by atoms with Gasteiger partial charge in [0.15, 0.2) is 11.5 Å². The van der Waals surface area contributed by atoms with Crippen LogP contribution in [0.3, 0.4) is 0 Å². The lowest BCUT2D eigenvalue weighted by Crippen LogP contribution is -2.28. The van der Waals surface area contributed by atoms with Gasteiger partial charge in [0, 0.05) is 15.8 Å². The number of fused-ring (bicyclic) bond motifs is 2. The smallest absolute Gasteiger partial charge is 0.395 e. The Bertz CT molecular complexity index is 1520. The Balaban J connectivity index is 1.36. The van der Waals surface area contributed by atoms with E-state index < -0.39 is 11.7 Å². The number of aryl methyl sites for hydroxylation is 1. The summed E-state index contributed by atoms with van der Waals surface area (Å²) in [5.74, 6) is 0.0788. The second kappa shape index (κ2) is 7.68. The molecule has 176 valence electrons. The second-order valence-electron chi connectivity index (χ2n) is 8.94. The normalized spacial score (nSPS) is 16.8. The van der Waals surface area contributed by atoms with Crippen LogP contribution in [0, 0.1) is 6.92 Å². The number of thiol groups is 1. The third-order valence-electron chi connectivity index (χ3n) is 6.59. The van der Waals surface area contributed by atoms with E-state index in [0.717, 1.165) is 32.5 Å². The molecule has 4 aromatic rings. The van der Waals surface area contributed by atoms with Crippen LogP contribution in [0.5, 0.6) is 11.5 Å². The molecule has 1 saturated carbocycles. The van der Waals surface area contributed by atoms with Crippen LogP contribution in [0.2, 0.25) is 0 Å². The molecule has 1 aliphatic heterocycles. The summed E-state index contributed by atoms with van der Waals surface area (Å²) in [4.78, 5) is 19.1. The molecule has 0 saturated heterocycles. The lowest BCUT2D eigenvalue weighted by Gasteiger charge is -2.17. The first-order valence-electron chi connectivity index (χ1n) is 11.2. The largest absolute Gasteiger partial charge is 0.586 e. The van der Waals surface area contributed by atoms with Gasteiger partial charge in [0.2, 0.25) is 5.91 Å². The number of halogens is 2. The summed E-state index contributed by atoms with van der Waals surface area (Å²) in [6, 6.07) is 20.1. The van der Waals surface area contributed by atoms with E-state index in [1.54, 1.807) is 6.07 Å². The van der Waals surface area contributed by atoms with Crippen LogP contribution in [0.1, 0.15) is 24.0 Å². The molecule has 0 radical (unpaired) electrons. The topological polar surface area (TPSA) is 60.5 Å². The van der Waals surface area contributed by atoms with E-state index in [-0.39, 0.29) is 17.4 Å². The summed E-state index contributed by atoms with van der Waals surface area (Å²) in [6.45, 7) is 2.00. The minimum atomic E-state index is -3.70. The molecule has 3 aromatic carbocycles. The van der Waals surface area contributed by atoms with Gasteiger partial charge in [-0.25, -0.2) is 4.98 Å². The maximum absolute atomic E-state index is 13.4. The van der Waals surface area contributed by atoms with E-state index in [1.807, 2.05) is 55.5 Å². The Kier molecular flexibility index (Phi) is 4.79. The average Bonchev–Trinajstić information content (AvgIpc) is 3.56. The van der Waals surface area contributed by atoms with Crippen LogP contribution in [0.15, 0.2) is 71.6 Å². The number of ether oxygens (including phenoxy) is 2. The number of hydrogen-bond acceptors (Lipinski definition) is 5. The Hall–Kier alpha value is -3.65. The highest BCUT2D eigenvalue weighted by Gasteiger charge is 2.53. The first-order chi connectivity index (χ1) is 16.7. The van der Waals surface area contributed by atoms with Crippen molar-refractivity contribution in [3.05, 3.63) is 77.9 Å². The number of alkyl halides is 2. The minimum Gasteiger partial charge on any atom is -0.395 e. The van der Waals surface area contributed by atoms with Gasteiger partial charge < -0.3 is 14.8 Å². The van der Waals surface area contributed by atoms with E-state index in [9.17, 15) is 13.6 Å². The highest BCUT2D eigenvalue weighted by Crippen LogP contribution is 2.52. The Morgan fingerprint density at radius 3 is 2.54 bits per heavy atom. The predicted molar refractivity (Wildman–Crippen MR) is 131 cm³/mol. The summed E-state index contributed by atoms with van der Waals surface area (Å²) in [6.07, 6.45) is -2.51. The Morgan fingerprint density at radius 1 is 1.00 bits per heavy atom. The fraction of sp³-hybridized carbons (Fsp3) is 0.185. The van der Waals surface area contributed by atoms with E-state index in [0.29, 0.717) is 24.2 Å². The van der Waals surface area contributed by atoms with Crippen molar-refractivity contribution in [1.82, 2.24) is 4.98 Å². The molecule has 0 spiro atoms. The van der Waals surface area contributed by atoms with Gasteiger partial charge in [-0.15, -0.1) is 21.4 Å². The van der Waals surface area contributed by atoms with Crippen LogP contribution < -0.4 is 14.8 Å². The van der Waals surface area contributed by atoms with Gasteiger partial charge in [-0.3, -0.25) is 4.79 Å². The predicted octanol–water partition coefficient (Wildman–Crippen LogP) is 6.49. The molecule has 2 aliphatic rings. The number of pyridine rings is 1. The number of carbonyl (C=O) groups is 1. The summed E-state index contributed by atoms with van der Waals surface area (Å²) >= 11 is 4.42. The van der Waals surface area contributed by atoms with Crippen LogP contribution in [0.4, 0.5) is 14.6 Å². The second-order valence-corrected chi connectivity index (χ2v) is 9.46. The van der Waals surface area contributed by atoms with E-state index in [1.165, 1.54) is 12.1 Å². The number of benzene rings is 3. The molecule has 1 fully saturated rings. The van der Waals surface area contributed by atoms with Crippen molar-refractivity contribution in [3.8, 4) is 22.8 Å². The highest BCUT2D eigenvalue weighted by atomic mass is 32.1. The van der Waals surface area contributed by atoms with Gasteiger partial charge >= 0.3 is 6.29 Å². The van der Waals surface area contributed by atoms with Crippen LogP contribution in [-0.2, 0) is 10.2 Å².